The summed E-state index contributed by atoms with van der Waals surface area (Å²) in [5.74, 6) is -0.447. The molecule has 0 saturated heterocycles. The minimum Gasteiger partial charge on any atom is -0.296 e. The Morgan fingerprint density at radius 3 is 3.00 bits per heavy atom. The van der Waals surface area contributed by atoms with Crippen LogP contribution in [0.1, 0.15) is 11.1 Å². The Bertz CT molecular complexity index is 251. The number of hydrogen-bond donors (Lipinski definition) is 0. The Morgan fingerprint density at radius 1 is 1.73 bits per heavy atom. The first kappa shape index (κ1) is 7.85. The highest BCUT2D eigenvalue weighted by Gasteiger charge is 2.03. The Hall–Kier alpha value is -1.25. The quantitative estimate of drug-likeness (QED) is 0.468. The van der Waals surface area contributed by atoms with Gasteiger partial charge in [0.25, 0.3) is 0 Å². The second kappa shape index (κ2) is 3.23. The molecule has 3 heteroatoms. The molecule has 0 saturated carbocycles. The van der Waals surface area contributed by atoms with Crippen molar-refractivity contribution in [1.29, 1.82) is 0 Å². The van der Waals surface area contributed by atoms with Gasteiger partial charge in [-0.1, -0.05) is 0 Å². The minimum absolute atomic E-state index is 0.297. The van der Waals surface area contributed by atoms with Gasteiger partial charge in [0.05, 0.1) is 6.54 Å². The molecular weight excluding hydrogens is 143 g/mol. The SMILES string of the molecule is C=NCc1c(C)ccnc1F. The number of nitrogens with zero attached hydrogens (tertiary/aromatic N) is 2. The molecule has 0 bridgehead atoms. The standard InChI is InChI=1S/C8H9FN2/c1-6-3-4-11-8(9)7(6)5-10-2/h3-4H,2,5H2,1H3. The van der Waals surface area contributed by atoms with Gasteiger partial charge in [0.2, 0.25) is 5.95 Å². The number of aliphatic imine (C=N–C) groups is 1. The van der Waals surface area contributed by atoms with Gasteiger partial charge in [-0.05, 0) is 25.3 Å². The van der Waals surface area contributed by atoms with Crippen LogP contribution in [0.3, 0.4) is 0 Å². The molecule has 1 aromatic heterocycles. The summed E-state index contributed by atoms with van der Waals surface area (Å²) in [7, 11) is 0. The van der Waals surface area contributed by atoms with Crippen molar-refractivity contribution in [2.45, 2.75) is 13.5 Å². The third-order valence-electron chi connectivity index (χ3n) is 1.51. The van der Waals surface area contributed by atoms with Crippen LogP contribution in [0, 0.1) is 12.9 Å². The van der Waals surface area contributed by atoms with Crippen LogP contribution in [0.2, 0.25) is 0 Å². The van der Waals surface area contributed by atoms with Crippen molar-refractivity contribution in [3.63, 3.8) is 0 Å². The molecule has 0 aromatic carbocycles. The van der Waals surface area contributed by atoms with Crippen LogP contribution in [0.15, 0.2) is 17.3 Å². The molecule has 0 unspecified atom stereocenters. The zero-order valence-corrected chi connectivity index (χ0v) is 6.34. The molecule has 0 N–H and O–H groups in total. The van der Waals surface area contributed by atoms with Crippen molar-refractivity contribution in [3.05, 3.63) is 29.3 Å². The number of aromatic nitrogens is 1. The van der Waals surface area contributed by atoms with Crippen LogP contribution >= 0.6 is 0 Å². The molecule has 0 aliphatic rings. The molecule has 0 radical (unpaired) electrons. The molecule has 2 nitrogen and oxygen atoms in total. The predicted octanol–water partition coefficient (Wildman–Crippen LogP) is 1.73. The van der Waals surface area contributed by atoms with Crippen LogP contribution in [-0.4, -0.2) is 11.7 Å². The van der Waals surface area contributed by atoms with Gasteiger partial charge >= 0.3 is 0 Å². The van der Waals surface area contributed by atoms with Crippen LogP contribution in [-0.2, 0) is 6.54 Å². The zero-order chi connectivity index (χ0) is 8.27. The predicted molar refractivity (Wildman–Crippen MR) is 42.2 cm³/mol. The summed E-state index contributed by atoms with van der Waals surface area (Å²) < 4.78 is 12.8. The molecule has 11 heavy (non-hydrogen) atoms. The molecule has 0 aliphatic carbocycles. The lowest BCUT2D eigenvalue weighted by Crippen LogP contribution is -1.95. The van der Waals surface area contributed by atoms with Crippen molar-refractivity contribution >= 4 is 6.72 Å². The van der Waals surface area contributed by atoms with E-state index in [1.807, 2.05) is 6.92 Å². The van der Waals surface area contributed by atoms with E-state index in [9.17, 15) is 4.39 Å². The summed E-state index contributed by atoms with van der Waals surface area (Å²) in [6.07, 6.45) is 1.44. The van der Waals surface area contributed by atoms with Gasteiger partial charge < -0.3 is 0 Å². The van der Waals surface area contributed by atoms with Gasteiger partial charge in [0.15, 0.2) is 0 Å². The average Bonchev–Trinajstić information content (AvgIpc) is 1.97. The second-order valence-electron chi connectivity index (χ2n) is 2.28. The lowest BCUT2D eigenvalue weighted by Gasteiger charge is -2.01. The Morgan fingerprint density at radius 2 is 2.45 bits per heavy atom. The van der Waals surface area contributed by atoms with E-state index in [0.717, 1.165) is 5.56 Å². The van der Waals surface area contributed by atoms with Gasteiger partial charge in [0, 0.05) is 11.8 Å². The number of halogens is 1. The molecular formula is C8H9FN2. The first-order chi connectivity index (χ1) is 5.25. The fourth-order valence-corrected chi connectivity index (χ4v) is 0.857. The van der Waals surface area contributed by atoms with Gasteiger partial charge in [-0.3, -0.25) is 4.99 Å². The number of hydrogen-bond acceptors (Lipinski definition) is 2. The number of aryl methyl sites for hydroxylation is 1. The molecule has 58 valence electrons. The monoisotopic (exact) mass is 152 g/mol. The van der Waals surface area contributed by atoms with Crippen molar-refractivity contribution in [1.82, 2.24) is 4.98 Å². The maximum absolute atomic E-state index is 12.8. The molecule has 1 heterocycles. The summed E-state index contributed by atoms with van der Waals surface area (Å²) in [4.78, 5) is 7.10. The molecule has 1 rings (SSSR count). The minimum atomic E-state index is -0.447. The molecule has 0 amide bonds. The lowest BCUT2D eigenvalue weighted by atomic mass is 10.1. The Labute approximate surface area is 64.8 Å². The molecule has 0 fully saturated rings. The number of rotatable bonds is 2. The highest BCUT2D eigenvalue weighted by Crippen LogP contribution is 2.10. The summed E-state index contributed by atoms with van der Waals surface area (Å²) in [5.41, 5.74) is 1.40. The van der Waals surface area contributed by atoms with Crippen LogP contribution in [0.25, 0.3) is 0 Å². The normalized spacial score (nSPS) is 9.64. The highest BCUT2D eigenvalue weighted by molar-refractivity contribution is 5.28. The van der Waals surface area contributed by atoms with E-state index < -0.39 is 5.95 Å². The Kier molecular flexibility index (Phi) is 2.31. The maximum Gasteiger partial charge on any atom is 0.218 e. The topological polar surface area (TPSA) is 25.2 Å². The summed E-state index contributed by atoms with van der Waals surface area (Å²) in [6, 6.07) is 1.75. The molecule has 0 spiro atoms. The van der Waals surface area contributed by atoms with Gasteiger partial charge in [-0.25, -0.2) is 4.98 Å². The van der Waals surface area contributed by atoms with E-state index in [0.29, 0.717) is 12.1 Å². The average molecular weight is 152 g/mol. The van der Waals surface area contributed by atoms with Crippen molar-refractivity contribution in [2.75, 3.05) is 0 Å². The highest BCUT2D eigenvalue weighted by atomic mass is 19.1. The summed E-state index contributed by atoms with van der Waals surface area (Å²) in [6.45, 7) is 5.42. The molecule has 1 aromatic rings. The van der Waals surface area contributed by atoms with Crippen molar-refractivity contribution in [3.8, 4) is 0 Å². The van der Waals surface area contributed by atoms with Gasteiger partial charge in [-0.2, -0.15) is 4.39 Å². The van der Waals surface area contributed by atoms with E-state index in [1.165, 1.54) is 6.20 Å². The smallest absolute Gasteiger partial charge is 0.218 e. The van der Waals surface area contributed by atoms with Crippen LogP contribution < -0.4 is 0 Å². The second-order valence-corrected chi connectivity index (χ2v) is 2.28. The lowest BCUT2D eigenvalue weighted by molar-refractivity contribution is 0.565. The molecule has 0 atom stereocenters. The largest absolute Gasteiger partial charge is 0.296 e. The van der Waals surface area contributed by atoms with Crippen molar-refractivity contribution in [2.24, 2.45) is 4.99 Å². The van der Waals surface area contributed by atoms with E-state index in [4.69, 9.17) is 0 Å². The van der Waals surface area contributed by atoms with Gasteiger partial charge in [-0.15, -0.1) is 0 Å². The fraction of sp³-hybridized carbons (Fsp3) is 0.250. The third kappa shape index (κ3) is 1.61. The zero-order valence-electron chi connectivity index (χ0n) is 6.34. The first-order valence-electron chi connectivity index (χ1n) is 3.28. The third-order valence-corrected chi connectivity index (χ3v) is 1.51. The van der Waals surface area contributed by atoms with E-state index in [1.54, 1.807) is 6.07 Å². The van der Waals surface area contributed by atoms with E-state index >= 15 is 0 Å². The first-order valence-corrected chi connectivity index (χ1v) is 3.28. The number of pyridine rings is 1. The maximum atomic E-state index is 12.8. The van der Waals surface area contributed by atoms with Crippen molar-refractivity contribution < 1.29 is 4.39 Å². The Balaban J connectivity index is 3.09. The van der Waals surface area contributed by atoms with Crippen LogP contribution in [0.4, 0.5) is 4.39 Å². The van der Waals surface area contributed by atoms with Gasteiger partial charge in [0.1, 0.15) is 0 Å². The van der Waals surface area contributed by atoms with E-state index in [-0.39, 0.29) is 0 Å². The molecule has 0 aliphatic heterocycles. The van der Waals surface area contributed by atoms with Crippen LogP contribution in [0.5, 0.6) is 0 Å². The summed E-state index contributed by atoms with van der Waals surface area (Å²) >= 11 is 0. The van der Waals surface area contributed by atoms with E-state index in [2.05, 4.69) is 16.7 Å². The fourth-order valence-electron chi connectivity index (χ4n) is 0.857. The summed E-state index contributed by atoms with van der Waals surface area (Å²) in [5, 5.41) is 0.